The van der Waals surface area contributed by atoms with E-state index >= 15 is 0 Å². The molecule has 0 rings (SSSR count). The maximum absolute atomic E-state index is 11.4. The summed E-state index contributed by atoms with van der Waals surface area (Å²) in [5, 5.41) is 2.87. The molecule has 3 N–H and O–H groups in total. The van der Waals surface area contributed by atoms with Gasteiger partial charge in [-0.15, -0.1) is 0 Å². The van der Waals surface area contributed by atoms with E-state index in [9.17, 15) is 4.79 Å². The third kappa shape index (κ3) is 6.27. The van der Waals surface area contributed by atoms with Crippen LogP contribution < -0.4 is 11.1 Å². The van der Waals surface area contributed by atoms with Crippen molar-refractivity contribution in [2.75, 3.05) is 18.6 Å². The molecular weight excluding hydrogens is 196 g/mol. The number of nitrogens with one attached hydrogen (secondary N) is 1. The van der Waals surface area contributed by atoms with Crippen LogP contribution in [0.25, 0.3) is 0 Å². The van der Waals surface area contributed by atoms with Crippen molar-refractivity contribution in [1.82, 2.24) is 5.32 Å². The molecule has 3 nitrogen and oxygen atoms in total. The van der Waals surface area contributed by atoms with E-state index in [0.29, 0.717) is 5.92 Å². The number of rotatable bonds is 7. The Hall–Kier alpha value is -0.220. The number of carbonyl (C=O) groups excluding carboxylic acids is 1. The topological polar surface area (TPSA) is 55.1 Å². The van der Waals surface area contributed by atoms with Crippen LogP contribution >= 0.6 is 11.8 Å². The third-order valence-electron chi connectivity index (χ3n) is 2.01. The SMILES string of the molecule is CCC[C@H](N)C(=O)NCC(C)CSC. The Balaban J connectivity index is 3.61. The van der Waals surface area contributed by atoms with Gasteiger partial charge in [0, 0.05) is 6.54 Å². The zero-order valence-electron chi connectivity index (χ0n) is 9.38. The molecule has 2 atom stereocenters. The van der Waals surface area contributed by atoms with E-state index in [4.69, 9.17) is 5.73 Å². The van der Waals surface area contributed by atoms with Gasteiger partial charge in [0.1, 0.15) is 0 Å². The van der Waals surface area contributed by atoms with Gasteiger partial charge in [0.25, 0.3) is 0 Å². The monoisotopic (exact) mass is 218 g/mol. The fraction of sp³-hybridized carbons (Fsp3) is 0.900. The fourth-order valence-electron chi connectivity index (χ4n) is 1.19. The van der Waals surface area contributed by atoms with Crippen molar-refractivity contribution in [3.8, 4) is 0 Å². The molecular formula is C10H22N2OS. The molecule has 4 heteroatoms. The maximum atomic E-state index is 11.4. The highest BCUT2D eigenvalue weighted by Gasteiger charge is 2.12. The highest BCUT2D eigenvalue weighted by molar-refractivity contribution is 7.98. The first-order valence-electron chi connectivity index (χ1n) is 5.14. The van der Waals surface area contributed by atoms with E-state index in [2.05, 4.69) is 18.5 Å². The number of thioether (sulfide) groups is 1. The summed E-state index contributed by atoms with van der Waals surface area (Å²) in [7, 11) is 0. The average Bonchev–Trinajstić information content (AvgIpc) is 2.15. The Bertz CT molecular complexity index is 164. The Morgan fingerprint density at radius 1 is 1.57 bits per heavy atom. The Labute approximate surface area is 91.2 Å². The second-order valence-corrected chi connectivity index (χ2v) is 4.61. The molecule has 1 amide bonds. The quantitative estimate of drug-likeness (QED) is 0.676. The van der Waals surface area contributed by atoms with Gasteiger partial charge in [-0.2, -0.15) is 11.8 Å². The summed E-state index contributed by atoms with van der Waals surface area (Å²) in [6.07, 6.45) is 3.79. The lowest BCUT2D eigenvalue weighted by molar-refractivity contribution is -0.122. The van der Waals surface area contributed by atoms with E-state index in [-0.39, 0.29) is 11.9 Å². The third-order valence-corrected chi connectivity index (χ3v) is 2.91. The van der Waals surface area contributed by atoms with Crippen LogP contribution in [0.15, 0.2) is 0 Å². The first-order chi connectivity index (χ1) is 6.61. The van der Waals surface area contributed by atoms with Crippen molar-refractivity contribution in [3.05, 3.63) is 0 Å². The lowest BCUT2D eigenvalue weighted by atomic mass is 10.1. The summed E-state index contributed by atoms with van der Waals surface area (Å²) in [6, 6.07) is -0.332. The van der Waals surface area contributed by atoms with E-state index in [0.717, 1.165) is 25.1 Å². The predicted molar refractivity (Wildman–Crippen MR) is 63.4 cm³/mol. The second-order valence-electron chi connectivity index (χ2n) is 3.70. The minimum absolute atomic E-state index is 0.0141. The van der Waals surface area contributed by atoms with E-state index < -0.39 is 0 Å². The van der Waals surface area contributed by atoms with Crippen LogP contribution in [-0.4, -0.2) is 30.5 Å². The van der Waals surface area contributed by atoms with Crippen LogP contribution in [0, 0.1) is 5.92 Å². The molecule has 0 spiro atoms. The van der Waals surface area contributed by atoms with E-state index in [1.807, 2.05) is 6.92 Å². The van der Waals surface area contributed by atoms with Gasteiger partial charge in [0.05, 0.1) is 6.04 Å². The minimum Gasteiger partial charge on any atom is -0.354 e. The smallest absolute Gasteiger partial charge is 0.236 e. The molecule has 14 heavy (non-hydrogen) atoms. The molecule has 0 aliphatic heterocycles. The van der Waals surface area contributed by atoms with Crippen molar-refractivity contribution in [1.29, 1.82) is 0 Å². The van der Waals surface area contributed by atoms with Gasteiger partial charge in [-0.05, 0) is 24.3 Å². The van der Waals surface area contributed by atoms with Crippen molar-refractivity contribution >= 4 is 17.7 Å². The molecule has 0 fully saturated rings. The molecule has 0 saturated heterocycles. The molecule has 0 saturated carbocycles. The van der Waals surface area contributed by atoms with Crippen LogP contribution in [-0.2, 0) is 4.79 Å². The number of nitrogens with two attached hydrogens (primary N) is 1. The van der Waals surface area contributed by atoms with Crippen molar-refractivity contribution in [2.45, 2.75) is 32.7 Å². The van der Waals surface area contributed by atoms with Crippen LogP contribution in [0.5, 0.6) is 0 Å². The average molecular weight is 218 g/mol. The van der Waals surface area contributed by atoms with Gasteiger partial charge in [0.15, 0.2) is 0 Å². The van der Waals surface area contributed by atoms with Gasteiger partial charge in [-0.1, -0.05) is 20.3 Å². The molecule has 0 aliphatic carbocycles. The zero-order valence-corrected chi connectivity index (χ0v) is 10.2. The molecule has 0 aromatic carbocycles. The molecule has 0 aromatic heterocycles. The van der Waals surface area contributed by atoms with Crippen LogP contribution in [0.1, 0.15) is 26.7 Å². The Kier molecular flexibility index (Phi) is 7.99. The summed E-state index contributed by atoms with van der Waals surface area (Å²) >= 11 is 1.80. The van der Waals surface area contributed by atoms with E-state index in [1.165, 1.54) is 0 Å². The predicted octanol–water partition coefficient (Wildman–Crippen LogP) is 1.23. The van der Waals surface area contributed by atoms with Gasteiger partial charge in [-0.3, -0.25) is 4.79 Å². The lowest BCUT2D eigenvalue weighted by Crippen LogP contribution is -2.42. The highest BCUT2D eigenvalue weighted by atomic mass is 32.2. The summed E-state index contributed by atoms with van der Waals surface area (Å²) in [6.45, 7) is 4.89. The summed E-state index contributed by atoms with van der Waals surface area (Å²) in [4.78, 5) is 11.4. The Morgan fingerprint density at radius 3 is 2.71 bits per heavy atom. The number of amides is 1. The molecule has 84 valence electrons. The standard InChI is InChI=1S/C10H22N2OS/c1-4-5-9(11)10(13)12-6-8(2)7-14-3/h8-9H,4-7,11H2,1-3H3,(H,12,13)/t8?,9-/m0/s1. The van der Waals surface area contributed by atoms with E-state index in [1.54, 1.807) is 11.8 Å². The van der Waals surface area contributed by atoms with Crippen molar-refractivity contribution in [2.24, 2.45) is 11.7 Å². The normalized spacial score (nSPS) is 14.9. The second kappa shape index (κ2) is 8.12. The van der Waals surface area contributed by atoms with Gasteiger partial charge >= 0.3 is 0 Å². The Morgan fingerprint density at radius 2 is 2.21 bits per heavy atom. The van der Waals surface area contributed by atoms with Crippen LogP contribution in [0.3, 0.4) is 0 Å². The molecule has 1 unspecified atom stereocenters. The fourth-order valence-corrected chi connectivity index (χ4v) is 1.88. The largest absolute Gasteiger partial charge is 0.354 e. The molecule has 0 radical (unpaired) electrons. The highest BCUT2D eigenvalue weighted by Crippen LogP contribution is 2.02. The molecule has 0 heterocycles. The summed E-state index contributed by atoms with van der Waals surface area (Å²) < 4.78 is 0. The zero-order chi connectivity index (χ0) is 11.0. The van der Waals surface area contributed by atoms with Gasteiger partial charge in [-0.25, -0.2) is 0 Å². The first-order valence-corrected chi connectivity index (χ1v) is 6.53. The lowest BCUT2D eigenvalue weighted by Gasteiger charge is -2.14. The maximum Gasteiger partial charge on any atom is 0.236 e. The number of hydrogen-bond acceptors (Lipinski definition) is 3. The first kappa shape index (κ1) is 13.8. The van der Waals surface area contributed by atoms with Crippen LogP contribution in [0.4, 0.5) is 0 Å². The molecule has 0 bridgehead atoms. The van der Waals surface area contributed by atoms with Crippen molar-refractivity contribution in [3.63, 3.8) is 0 Å². The summed E-state index contributed by atoms with van der Waals surface area (Å²) in [5.74, 6) is 1.58. The molecule has 0 aromatic rings. The minimum atomic E-state index is -0.332. The molecule has 0 aliphatic rings. The van der Waals surface area contributed by atoms with Crippen LogP contribution in [0.2, 0.25) is 0 Å². The van der Waals surface area contributed by atoms with Gasteiger partial charge in [0.2, 0.25) is 5.91 Å². The number of carbonyl (C=O) groups is 1. The van der Waals surface area contributed by atoms with Crippen molar-refractivity contribution < 1.29 is 4.79 Å². The number of hydrogen-bond donors (Lipinski definition) is 2. The summed E-state index contributed by atoms with van der Waals surface area (Å²) in [5.41, 5.74) is 5.67. The van der Waals surface area contributed by atoms with Gasteiger partial charge < -0.3 is 11.1 Å².